The second kappa shape index (κ2) is 7.71. The minimum Gasteiger partial charge on any atom is -0.496 e. The Bertz CT molecular complexity index is 718. The predicted molar refractivity (Wildman–Crippen MR) is 96.3 cm³/mol. The van der Waals surface area contributed by atoms with E-state index in [9.17, 15) is 4.79 Å². The Balaban J connectivity index is 1.66. The first-order chi connectivity index (χ1) is 11.7. The summed E-state index contributed by atoms with van der Waals surface area (Å²) in [5.41, 5.74) is 3.38. The van der Waals surface area contributed by atoms with Gasteiger partial charge in [0.25, 0.3) is 0 Å². The second-order valence-electron chi connectivity index (χ2n) is 5.73. The van der Waals surface area contributed by atoms with Crippen molar-refractivity contribution in [3.05, 3.63) is 63.6 Å². The number of nitrogens with zero attached hydrogens (tertiary/aromatic N) is 1. The quantitative estimate of drug-likeness (QED) is 0.789. The molecule has 4 nitrogen and oxygen atoms in total. The van der Waals surface area contributed by atoms with E-state index in [4.69, 9.17) is 9.47 Å². The highest BCUT2D eigenvalue weighted by Gasteiger charge is 2.23. The highest BCUT2D eigenvalue weighted by atomic mass is 79.9. The second-order valence-corrected chi connectivity index (χ2v) is 6.59. The number of rotatable bonds is 3. The normalized spacial score (nSPS) is 13.8. The summed E-state index contributed by atoms with van der Waals surface area (Å²) in [6.45, 7) is 1.58. The maximum absolute atomic E-state index is 12.4. The molecular weight excluding hydrogens is 370 g/mol. The number of carbonyl (C=O) groups excluding carboxylic acids is 1. The summed E-state index contributed by atoms with van der Waals surface area (Å²) in [6.07, 6.45) is 1.29. The van der Waals surface area contributed by atoms with Crippen LogP contribution in [0.5, 0.6) is 5.75 Å². The van der Waals surface area contributed by atoms with Crippen LogP contribution in [0.3, 0.4) is 0 Å². The maximum Gasteiger partial charge on any atom is 0.410 e. The fraction of sp³-hybridized carbons (Fsp3) is 0.316. The van der Waals surface area contributed by atoms with Crippen LogP contribution in [0.1, 0.15) is 16.7 Å². The molecule has 1 heterocycles. The number of benzene rings is 2. The molecule has 0 aromatic heterocycles. The van der Waals surface area contributed by atoms with Crippen LogP contribution in [-0.2, 0) is 24.2 Å². The van der Waals surface area contributed by atoms with Crippen molar-refractivity contribution in [3.8, 4) is 5.75 Å². The summed E-state index contributed by atoms with van der Waals surface area (Å²) in [4.78, 5) is 14.1. The van der Waals surface area contributed by atoms with E-state index < -0.39 is 0 Å². The van der Waals surface area contributed by atoms with Crippen LogP contribution >= 0.6 is 15.9 Å². The number of amides is 1. The van der Waals surface area contributed by atoms with Crippen molar-refractivity contribution >= 4 is 22.0 Å². The molecule has 3 rings (SSSR count). The Morgan fingerprint density at radius 1 is 1.08 bits per heavy atom. The molecule has 0 fully saturated rings. The van der Waals surface area contributed by atoms with Gasteiger partial charge in [-0.25, -0.2) is 4.79 Å². The topological polar surface area (TPSA) is 38.8 Å². The highest BCUT2D eigenvalue weighted by Crippen LogP contribution is 2.31. The summed E-state index contributed by atoms with van der Waals surface area (Å²) in [7, 11) is 1.68. The van der Waals surface area contributed by atoms with Gasteiger partial charge in [-0.15, -0.1) is 0 Å². The van der Waals surface area contributed by atoms with Crippen LogP contribution in [0.25, 0.3) is 0 Å². The van der Waals surface area contributed by atoms with Crippen molar-refractivity contribution in [3.63, 3.8) is 0 Å². The van der Waals surface area contributed by atoms with Crippen LogP contribution in [0, 0.1) is 0 Å². The van der Waals surface area contributed by atoms with Crippen LogP contribution < -0.4 is 4.74 Å². The van der Waals surface area contributed by atoms with Crippen molar-refractivity contribution in [1.29, 1.82) is 0 Å². The number of fused-ring (bicyclic) bond motifs is 1. The van der Waals surface area contributed by atoms with E-state index in [-0.39, 0.29) is 6.09 Å². The van der Waals surface area contributed by atoms with Gasteiger partial charge in [0, 0.05) is 23.1 Å². The fourth-order valence-electron chi connectivity index (χ4n) is 2.98. The molecule has 126 valence electrons. The number of hydrogen-bond donors (Lipinski definition) is 0. The number of methoxy groups -OCH3 is 1. The molecule has 1 aliphatic heterocycles. The predicted octanol–water partition coefficient (Wildman–Crippen LogP) is 4.20. The van der Waals surface area contributed by atoms with Crippen molar-refractivity contribution in [2.45, 2.75) is 19.4 Å². The van der Waals surface area contributed by atoms with Crippen molar-refractivity contribution < 1.29 is 14.3 Å². The largest absolute Gasteiger partial charge is 0.496 e. The first kappa shape index (κ1) is 16.8. The third-order valence-corrected chi connectivity index (χ3v) is 5.02. The van der Waals surface area contributed by atoms with Crippen molar-refractivity contribution in [1.82, 2.24) is 4.90 Å². The average molecular weight is 390 g/mol. The molecule has 0 bridgehead atoms. The molecule has 5 heteroatoms. The monoisotopic (exact) mass is 389 g/mol. The highest BCUT2D eigenvalue weighted by molar-refractivity contribution is 9.10. The van der Waals surface area contributed by atoms with Gasteiger partial charge in [-0.05, 0) is 36.1 Å². The molecule has 0 radical (unpaired) electrons. The van der Waals surface area contributed by atoms with Gasteiger partial charge in [0.1, 0.15) is 12.4 Å². The lowest BCUT2D eigenvalue weighted by Gasteiger charge is -2.19. The van der Waals surface area contributed by atoms with Gasteiger partial charge in [0.05, 0.1) is 7.11 Å². The van der Waals surface area contributed by atoms with Crippen molar-refractivity contribution in [2.24, 2.45) is 0 Å². The number of ether oxygens (including phenoxy) is 2. The molecule has 1 amide bonds. The fourth-order valence-corrected chi connectivity index (χ4v) is 3.55. The van der Waals surface area contributed by atoms with Crippen LogP contribution in [0.15, 0.2) is 46.9 Å². The first-order valence-corrected chi connectivity index (χ1v) is 8.78. The molecule has 0 spiro atoms. The van der Waals surface area contributed by atoms with Gasteiger partial charge in [0.2, 0.25) is 0 Å². The molecule has 0 unspecified atom stereocenters. The number of carbonyl (C=O) groups is 1. The smallest absolute Gasteiger partial charge is 0.410 e. The molecule has 0 aliphatic carbocycles. The zero-order chi connectivity index (χ0) is 16.9. The van der Waals surface area contributed by atoms with Crippen LogP contribution in [-0.4, -0.2) is 31.2 Å². The molecule has 0 atom stereocenters. The SMILES string of the molecule is COc1ccc(Br)c2c1CCN(C(=O)OCc1ccccc1)CC2. The van der Waals surface area contributed by atoms with Crippen LogP contribution in [0.4, 0.5) is 4.79 Å². The summed E-state index contributed by atoms with van der Waals surface area (Å²) in [5.74, 6) is 0.882. The van der Waals surface area contributed by atoms with Gasteiger partial charge in [-0.1, -0.05) is 46.3 Å². The van der Waals surface area contributed by atoms with E-state index in [1.54, 1.807) is 12.0 Å². The van der Waals surface area contributed by atoms with Crippen molar-refractivity contribution in [2.75, 3.05) is 20.2 Å². The van der Waals surface area contributed by atoms with E-state index in [1.165, 1.54) is 11.1 Å². The van der Waals surface area contributed by atoms with Gasteiger partial charge in [0.15, 0.2) is 0 Å². The molecule has 0 saturated carbocycles. The summed E-state index contributed by atoms with van der Waals surface area (Å²) in [5, 5.41) is 0. The third-order valence-electron chi connectivity index (χ3n) is 4.28. The van der Waals surface area contributed by atoms with Gasteiger partial charge in [-0.3, -0.25) is 0 Å². The van der Waals surface area contributed by atoms with Gasteiger partial charge >= 0.3 is 6.09 Å². The minimum atomic E-state index is -0.262. The molecule has 2 aromatic rings. The molecule has 0 N–H and O–H groups in total. The molecule has 1 aliphatic rings. The van der Waals surface area contributed by atoms with Gasteiger partial charge < -0.3 is 14.4 Å². The van der Waals surface area contributed by atoms with E-state index in [0.29, 0.717) is 19.7 Å². The Kier molecular flexibility index (Phi) is 5.41. The van der Waals surface area contributed by atoms with Gasteiger partial charge in [-0.2, -0.15) is 0 Å². The summed E-state index contributed by atoms with van der Waals surface area (Å²) >= 11 is 3.61. The first-order valence-electron chi connectivity index (χ1n) is 7.99. The Labute approximate surface area is 150 Å². The van der Waals surface area contributed by atoms with E-state index in [1.807, 2.05) is 42.5 Å². The minimum absolute atomic E-state index is 0.262. The summed E-state index contributed by atoms with van der Waals surface area (Å²) in [6, 6.07) is 13.7. The Hall–Kier alpha value is -2.01. The zero-order valence-corrected chi connectivity index (χ0v) is 15.2. The van der Waals surface area contributed by atoms with Crippen LogP contribution in [0.2, 0.25) is 0 Å². The number of halogens is 1. The van der Waals surface area contributed by atoms with E-state index in [0.717, 1.165) is 28.6 Å². The molecular formula is C19H20BrNO3. The standard InChI is InChI=1S/C19H20BrNO3/c1-23-18-8-7-17(20)15-9-11-21(12-10-16(15)18)19(22)24-13-14-5-3-2-4-6-14/h2-8H,9-13H2,1H3. The van der Waals surface area contributed by atoms with E-state index in [2.05, 4.69) is 15.9 Å². The lowest BCUT2D eigenvalue weighted by molar-refractivity contribution is 0.0977. The lowest BCUT2D eigenvalue weighted by Crippen LogP contribution is -2.33. The number of hydrogen-bond acceptors (Lipinski definition) is 3. The lowest BCUT2D eigenvalue weighted by atomic mass is 10.0. The molecule has 24 heavy (non-hydrogen) atoms. The Morgan fingerprint density at radius 2 is 1.79 bits per heavy atom. The Morgan fingerprint density at radius 3 is 2.50 bits per heavy atom. The molecule has 2 aromatic carbocycles. The van der Waals surface area contributed by atoms with E-state index >= 15 is 0 Å². The average Bonchev–Trinajstić information content (AvgIpc) is 2.85. The molecule has 0 saturated heterocycles. The maximum atomic E-state index is 12.4. The zero-order valence-electron chi connectivity index (χ0n) is 13.6. The third kappa shape index (κ3) is 3.73. The summed E-state index contributed by atoms with van der Waals surface area (Å²) < 4.78 is 12.0.